The van der Waals surface area contributed by atoms with E-state index < -0.39 is 0 Å². The number of hydrogen-bond donors (Lipinski definition) is 0. The number of ketones is 1. The maximum atomic E-state index is 12.1. The van der Waals surface area contributed by atoms with Crippen LogP contribution in [0.1, 0.15) is 65.2 Å². The van der Waals surface area contributed by atoms with Crippen LogP contribution in [0, 0.1) is 0 Å². The Labute approximate surface area is 105 Å². The third kappa shape index (κ3) is 2.56. The number of hydrogen-bond acceptors (Lipinski definition) is 2. The fourth-order valence-electron chi connectivity index (χ4n) is 3.31. The molecule has 2 aliphatic heterocycles. The maximum absolute atomic E-state index is 12.1. The molecule has 0 radical (unpaired) electrons. The SMILES string of the molecule is CCC/C=C1\CC[C@H]2CCC[C@@H](C(=O)CC)N12. The Balaban J connectivity index is 2.15. The summed E-state index contributed by atoms with van der Waals surface area (Å²) in [5.74, 6) is 0.444. The van der Waals surface area contributed by atoms with Gasteiger partial charge in [0.25, 0.3) is 0 Å². The normalized spacial score (nSPS) is 30.7. The highest BCUT2D eigenvalue weighted by atomic mass is 16.1. The van der Waals surface area contributed by atoms with Crippen molar-refractivity contribution in [1.82, 2.24) is 4.90 Å². The van der Waals surface area contributed by atoms with Crippen molar-refractivity contribution in [2.45, 2.75) is 77.3 Å². The molecule has 0 amide bonds. The zero-order valence-corrected chi connectivity index (χ0v) is 11.2. The standard InChI is InChI=1S/C15H25NO/c1-3-5-7-12-10-11-13-8-6-9-14(16(12)13)15(17)4-2/h7,13-14H,3-6,8-11H2,1-2H3/b12-7+/t13-,14+/m1/s1. The lowest BCUT2D eigenvalue weighted by molar-refractivity contribution is -0.124. The molecule has 0 aromatic rings. The first-order valence-corrected chi connectivity index (χ1v) is 7.28. The first kappa shape index (κ1) is 12.7. The van der Waals surface area contributed by atoms with Gasteiger partial charge in [-0.1, -0.05) is 26.3 Å². The van der Waals surface area contributed by atoms with Crippen molar-refractivity contribution in [3.8, 4) is 0 Å². The molecule has 2 nitrogen and oxygen atoms in total. The predicted molar refractivity (Wildman–Crippen MR) is 70.8 cm³/mol. The summed E-state index contributed by atoms with van der Waals surface area (Å²) in [5, 5.41) is 0. The lowest BCUT2D eigenvalue weighted by Gasteiger charge is -2.39. The minimum Gasteiger partial charge on any atom is -0.362 e. The van der Waals surface area contributed by atoms with Gasteiger partial charge in [-0.2, -0.15) is 0 Å². The van der Waals surface area contributed by atoms with E-state index in [9.17, 15) is 4.79 Å². The smallest absolute Gasteiger partial charge is 0.154 e. The van der Waals surface area contributed by atoms with Crippen LogP contribution in [-0.4, -0.2) is 22.8 Å². The highest BCUT2D eigenvalue weighted by Gasteiger charge is 2.38. The summed E-state index contributed by atoms with van der Waals surface area (Å²) >= 11 is 0. The number of Topliss-reactive ketones (excluding diaryl/α,β-unsaturated/α-hetero) is 1. The second-order valence-electron chi connectivity index (χ2n) is 5.35. The zero-order valence-electron chi connectivity index (χ0n) is 11.2. The molecule has 0 spiro atoms. The maximum Gasteiger partial charge on any atom is 0.154 e. The lowest BCUT2D eigenvalue weighted by Crippen LogP contribution is -2.46. The molecular formula is C15H25NO. The van der Waals surface area contributed by atoms with E-state index in [0.717, 1.165) is 12.8 Å². The molecule has 2 fully saturated rings. The van der Waals surface area contributed by atoms with Crippen molar-refractivity contribution in [2.75, 3.05) is 0 Å². The Morgan fingerprint density at radius 3 is 2.88 bits per heavy atom. The first-order valence-electron chi connectivity index (χ1n) is 7.28. The number of carbonyl (C=O) groups excluding carboxylic acids is 1. The topological polar surface area (TPSA) is 20.3 Å². The quantitative estimate of drug-likeness (QED) is 0.741. The van der Waals surface area contributed by atoms with Crippen LogP contribution in [0.2, 0.25) is 0 Å². The summed E-state index contributed by atoms with van der Waals surface area (Å²) in [4.78, 5) is 14.5. The van der Waals surface area contributed by atoms with Crippen molar-refractivity contribution in [1.29, 1.82) is 0 Å². The molecule has 2 heterocycles. The van der Waals surface area contributed by atoms with Gasteiger partial charge in [-0.05, 0) is 38.5 Å². The van der Waals surface area contributed by atoms with Gasteiger partial charge in [-0.15, -0.1) is 0 Å². The van der Waals surface area contributed by atoms with Gasteiger partial charge in [0.05, 0.1) is 6.04 Å². The van der Waals surface area contributed by atoms with Crippen molar-refractivity contribution in [3.05, 3.63) is 11.8 Å². The van der Waals surface area contributed by atoms with Crippen molar-refractivity contribution in [3.63, 3.8) is 0 Å². The summed E-state index contributed by atoms with van der Waals surface area (Å²) in [5.41, 5.74) is 1.46. The fourth-order valence-corrected chi connectivity index (χ4v) is 3.31. The lowest BCUT2D eigenvalue weighted by atomic mass is 9.93. The van der Waals surface area contributed by atoms with Crippen molar-refractivity contribution in [2.24, 2.45) is 0 Å². The molecule has 0 aliphatic carbocycles. The van der Waals surface area contributed by atoms with E-state index in [1.54, 1.807) is 0 Å². The molecule has 0 aromatic carbocycles. The van der Waals surface area contributed by atoms with Crippen LogP contribution >= 0.6 is 0 Å². The molecule has 17 heavy (non-hydrogen) atoms. The van der Waals surface area contributed by atoms with Crippen LogP contribution in [0.4, 0.5) is 0 Å². The number of fused-ring (bicyclic) bond motifs is 1. The molecule has 2 saturated heterocycles. The predicted octanol–water partition coefficient (Wildman–Crippen LogP) is 3.67. The fraction of sp³-hybridized carbons (Fsp3) is 0.800. The highest BCUT2D eigenvalue weighted by Crippen LogP contribution is 2.38. The second-order valence-corrected chi connectivity index (χ2v) is 5.35. The van der Waals surface area contributed by atoms with Crippen LogP contribution < -0.4 is 0 Å². The van der Waals surface area contributed by atoms with E-state index in [1.807, 2.05) is 6.92 Å². The van der Waals surface area contributed by atoms with Gasteiger partial charge in [0.2, 0.25) is 0 Å². The van der Waals surface area contributed by atoms with Gasteiger partial charge >= 0.3 is 0 Å². The Morgan fingerprint density at radius 2 is 2.18 bits per heavy atom. The molecule has 2 aliphatic rings. The Hall–Kier alpha value is -0.790. The number of carbonyl (C=O) groups is 1. The van der Waals surface area contributed by atoms with E-state index in [4.69, 9.17) is 0 Å². The molecule has 2 heteroatoms. The van der Waals surface area contributed by atoms with Gasteiger partial charge in [0, 0.05) is 18.2 Å². The average Bonchev–Trinajstić information content (AvgIpc) is 2.78. The van der Waals surface area contributed by atoms with Gasteiger partial charge < -0.3 is 4.90 Å². The number of rotatable bonds is 4. The average molecular weight is 235 g/mol. The summed E-state index contributed by atoms with van der Waals surface area (Å²) in [6.07, 6.45) is 11.5. The van der Waals surface area contributed by atoms with E-state index >= 15 is 0 Å². The zero-order chi connectivity index (χ0) is 12.3. The van der Waals surface area contributed by atoms with Crippen LogP contribution in [0.3, 0.4) is 0 Å². The van der Waals surface area contributed by atoms with Crippen LogP contribution in [0.25, 0.3) is 0 Å². The van der Waals surface area contributed by atoms with E-state index in [0.29, 0.717) is 18.2 Å². The Morgan fingerprint density at radius 1 is 1.35 bits per heavy atom. The minimum atomic E-state index is 0.198. The second kappa shape index (κ2) is 5.70. The molecule has 2 rings (SSSR count). The van der Waals surface area contributed by atoms with E-state index in [1.165, 1.54) is 37.8 Å². The molecular weight excluding hydrogens is 210 g/mol. The first-order chi connectivity index (χ1) is 8.27. The number of allylic oxidation sites excluding steroid dienone is 2. The van der Waals surface area contributed by atoms with Crippen LogP contribution in [0.5, 0.6) is 0 Å². The third-order valence-corrected chi connectivity index (χ3v) is 4.20. The molecule has 2 atom stereocenters. The van der Waals surface area contributed by atoms with E-state index in [2.05, 4.69) is 17.9 Å². The largest absolute Gasteiger partial charge is 0.362 e. The summed E-state index contributed by atoms with van der Waals surface area (Å²) < 4.78 is 0. The Kier molecular flexibility index (Phi) is 4.25. The summed E-state index contributed by atoms with van der Waals surface area (Å²) in [7, 11) is 0. The van der Waals surface area contributed by atoms with Gasteiger partial charge in [0.15, 0.2) is 5.78 Å². The molecule has 0 aromatic heterocycles. The molecule has 0 N–H and O–H groups in total. The third-order valence-electron chi connectivity index (χ3n) is 4.20. The number of nitrogens with zero attached hydrogens (tertiary/aromatic N) is 1. The number of piperidine rings is 1. The monoisotopic (exact) mass is 235 g/mol. The molecule has 0 unspecified atom stereocenters. The summed E-state index contributed by atoms with van der Waals surface area (Å²) in [6, 6.07) is 0.858. The summed E-state index contributed by atoms with van der Waals surface area (Å²) in [6.45, 7) is 4.21. The number of unbranched alkanes of at least 4 members (excludes halogenated alkanes) is 1. The molecule has 0 saturated carbocycles. The van der Waals surface area contributed by atoms with Gasteiger partial charge in [-0.25, -0.2) is 0 Å². The molecule has 96 valence electrons. The Bertz CT molecular complexity index is 308. The molecule has 0 bridgehead atoms. The van der Waals surface area contributed by atoms with E-state index in [-0.39, 0.29) is 6.04 Å². The van der Waals surface area contributed by atoms with Gasteiger partial charge in [0.1, 0.15) is 0 Å². The van der Waals surface area contributed by atoms with Gasteiger partial charge in [-0.3, -0.25) is 4.79 Å². The minimum absolute atomic E-state index is 0.198. The van der Waals surface area contributed by atoms with Crippen LogP contribution in [0.15, 0.2) is 11.8 Å². The van der Waals surface area contributed by atoms with Crippen molar-refractivity contribution >= 4 is 5.78 Å². The van der Waals surface area contributed by atoms with Crippen molar-refractivity contribution < 1.29 is 4.79 Å². The highest BCUT2D eigenvalue weighted by molar-refractivity contribution is 5.84. The van der Waals surface area contributed by atoms with Crippen LogP contribution in [-0.2, 0) is 4.79 Å².